The molecule has 3 rings (SSSR count). The first-order valence-electron chi connectivity index (χ1n) is 9.44. The van der Waals surface area contributed by atoms with Gasteiger partial charge in [-0.05, 0) is 59.6 Å². The van der Waals surface area contributed by atoms with Crippen molar-refractivity contribution in [3.05, 3.63) is 88.5 Å². The smallest absolute Gasteiger partial charge is 0.504 e. The van der Waals surface area contributed by atoms with Gasteiger partial charge in [0.25, 0.3) is 0 Å². The minimum Gasteiger partial charge on any atom is -0.536 e. The minimum absolute atomic E-state index is 0.400. The van der Waals surface area contributed by atoms with E-state index in [1.165, 1.54) is 0 Å². The van der Waals surface area contributed by atoms with Crippen LogP contribution in [-0.2, 0) is 12.8 Å². The van der Waals surface area contributed by atoms with E-state index in [1.54, 1.807) is 7.11 Å². The molecule has 0 aliphatic heterocycles. The zero-order chi connectivity index (χ0) is 20.8. The Morgan fingerprint density at radius 3 is 1.90 bits per heavy atom. The third-order valence-electron chi connectivity index (χ3n) is 4.91. The van der Waals surface area contributed by atoms with E-state index in [1.807, 2.05) is 43.3 Å². The van der Waals surface area contributed by atoms with Crippen LogP contribution in [0.5, 0.6) is 11.5 Å². The number of hydrogen-bond acceptors (Lipinski definition) is 5. The molecule has 3 aromatic rings. The number of ether oxygens (including phenoxy) is 1. The molecule has 0 aromatic heterocycles. The summed E-state index contributed by atoms with van der Waals surface area (Å²) < 4.78 is 10.5. The van der Waals surface area contributed by atoms with Gasteiger partial charge in [-0.1, -0.05) is 54.1 Å². The van der Waals surface area contributed by atoms with Gasteiger partial charge < -0.3 is 24.5 Å². The van der Waals surface area contributed by atoms with Gasteiger partial charge in [-0.2, -0.15) is 0 Å². The lowest BCUT2D eigenvalue weighted by Crippen LogP contribution is -2.32. The highest BCUT2D eigenvalue weighted by Crippen LogP contribution is 2.28. The molecular weight excluding hydrogens is 366 g/mol. The van der Waals surface area contributed by atoms with Gasteiger partial charge in [0.2, 0.25) is 0 Å². The largest absolute Gasteiger partial charge is 0.536 e. The second-order valence-electron chi connectivity index (χ2n) is 6.99. The summed E-state index contributed by atoms with van der Waals surface area (Å²) in [5, 5.41) is 28.0. The fourth-order valence-corrected chi connectivity index (χ4v) is 3.34. The first-order chi connectivity index (χ1) is 14.0. The highest BCUT2D eigenvalue weighted by molar-refractivity contribution is 6.59. The number of methoxy groups -OCH3 is 1. The summed E-state index contributed by atoms with van der Waals surface area (Å²) in [4.78, 5) is 0. The van der Waals surface area contributed by atoms with Gasteiger partial charge in [-0.25, -0.2) is 0 Å². The van der Waals surface area contributed by atoms with Gasteiger partial charge >= 0.3 is 14.8 Å². The van der Waals surface area contributed by atoms with E-state index >= 15 is 0 Å². The lowest BCUT2D eigenvalue weighted by Gasteiger charge is -2.11. The Labute approximate surface area is 172 Å². The van der Waals surface area contributed by atoms with Gasteiger partial charge in [0, 0.05) is 0 Å². The Hall–Kier alpha value is -2.73. The van der Waals surface area contributed by atoms with Crippen molar-refractivity contribution >= 4 is 20.3 Å². The van der Waals surface area contributed by atoms with Gasteiger partial charge in [0.1, 0.15) is 5.75 Å². The van der Waals surface area contributed by atoms with E-state index in [0.717, 1.165) is 40.7 Å². The first kappa shape index (κ1) is 21.0. The van der Waals surface area contributed by atoms with Crippen LogP contribution >= 0.6 is 0 Å². The average Bonchev–Trinajstić information content (AvgIpc) is 2.71. The molecular formula is C22H24B2O5. The van der Waals surface area contributed by atoms with E-state index < -0.39 is 14.8 Å². The first-order valence-corrected chi connectivity index (χ1v) is 9.44. The molecule has 0 saturated carbocycles. The van der Waals surface area contributed by atoms with Crippen molar-refractivity contribution < 1.29 is 24.5 Å². The lowest BCUT2D eigenvalue weighted by atomic mass is 9.76. The van der Waals surface area contributed by atoms with Crippen molar-refractivity contribution in [1.82, 2.24) is 0 Å². The van der Waals surface area contributed by atoms with Crippen LogP contribution in [0.25, 0.3) is 0 Å². The van der Waals surface area contributed by atoms with E-state index in [9.17, 15) is 10.0 Å². The molecule has 0 fully saturated rings. The van der Waals surface area contributed by atoms with Crippen LogP contribution in [0.2, 0.25) is 0 Å². The second kappa shape index (κ2) is 9.65. The maximum atomic E-state index is 9.48. The standard InChI is InChI=1S/C22H24B2O5/c1-15-3-4-18(13-20(15)24(26)27)11-16-5-7-17(8-6-16)12-19-9-10-21(28-2)22(14-19)29-23-25/h3-10,13-14,23,25-27H,11-12H2,1-2H3. The van der Waals surface area contributed by atoms with Crippen LogP contribution in [0.1, 0.15) is 27.8 Å². The van der Waals surface area contributed by atoms with Crippen molar-refractivity contribution in [3.8, 4) is 11.5 Å². The number of rotatable bonds is 8. The van der Waals surface area contributed by atoms with Crippen LogP contribution in [0.15, 0.2) is 60.7 Å². The van der Waals surface area contributed by atoms with Gasteiger partial charge in [-0.3, -0.25) is 0 Å². The maximum Gasteiger partial charge on any atom is 0.504 e. The van der Waals surface area contributed by atoms with Crippen LogP contribution < -0.4 is 14.9 Å². The SMILES string of the molecule is COc1ccc(Cc2ccc(Cc3ccc(C)c(B(O)O)c3)cc2)cc1OBO. The molecule has 0 bridgehead atoms. The summed E-state index contributed by atoms with van der Waals surface area (Å²) >= 11 is 0. The van der Waals surface area contributed by atoms with Crippen molar-refractivity contribution in [3.63, 3.8) is 0 Å². The molecule has 29 heavy (non-hydrogen) atoms. The molecule has 0 aliphatic rings. The molecule has 0 spiro atoms. The third-order valence-corrected chi connectivity index (χ3v) is 4.91. The molecule has 7 heteroatoms. The average molecular weight is 390 g/mol. The van der Waals surface area contributed by atoms with Gasteiger partial charge in [0.15, 0.2) is 5.75 Å². The predicted octanol–water partition coefficient (Wildman–Crippen LogP) is 1.50. The van der Waals surface area contributed by atoms with Crippen molar-refractivity contribution in [1.29, 1.82) is 0 Å². The molecule has 0 unspecified atom stereocenters. The summed E-state index contributed by atoms with van der Waals surface area (Å²) in [6.07, 6.45) is 1.45. The molecule has 148 valence electrons. The molecule has 0 aliphatic carbocycles. The molecule has 5 nitrogen and oxygen atoms in total. The van der Waals surface area contributed by atoms with Crippen LogP contribution in [-0.4, -0.2) is 37.0 Å². The molecule has 0 atom stereocenters. The normalized spacial score (nSPS) is 10.5. The molecule has 0 amide bonds. The van der Waals surface area contributed by atoms with Crippen LogP contribution in [0, 0.1) is 6.92 Å². The summed E-state index contributed by atoms with van der Waals surface area (Å²) in [7, 11) is -0.291. The molecule has 0 radical (unpaired) electrons. The number of aryl methyl sites for hydroxylation is 1. The molecule has 0 heterocycles. The Balaban J connectivity index is 1.71. The zero-order valence-electron chi connectivity index (χ0n) is 16.6. The highest BCUT2D eigenvalue weighted by atomic mass is 16.5. The summed E-state index contributed by atoms with van der Waals surface area (Å²) in [6.45, 7) is 1.86. The minimum atomic E-state index is -1.46. The van der Waals surface area contributed by atoms with Crippen molar-refractivity contribution in [2.24, 2.45) is 0 Å². The quantitative estimate of drug-likeness (QED) is 0.509. The lowest BCUT2D eigenvalue weighted by molar-refractivity contribution is 0.381. The van der Waals surface area contributed by atoms with Gasteiger partial charge in [-0.15, -0.1) is 0 Å². The summed E-state index contributed by atoms with van der Waals surface area (Å²) in [6, 6.07) is 19.8. The fraction of sp³-hybridized carbons (Fsp3) is 0.182. The van der Waals surface area contributed by atoms with Crippen LogP contribution in [0.4, 0.5) is 0 Å². The maximum absolute atomic E-state index is 9.48. The molecule has 0 saturated heterocycles. The van der Waals surface area contributed by atoms with Gasteiger partial charge in [0.05, 0.1) is 7.11 Å². The number of benzene rings is 3. The van der Waals surface area contributed by atoms with E-state index in [2.05, 4.69) is 24.3 Å². The zero-order valence-corrected chi connectivity index (χ0v) is 16.6. The van der Waals surface area contributed by atoms with Crippen molar-refractivity contribution in [2.75, 3.05) is 7.11 Å². The van der Waals surface area contributed by atoms with E-state index in [4.69, 9.17) is 14.4 Å². The summed E-state index contributed by atoms with van der Waals surface area (Å²) in [5.41, 5.74) is 5.80. The third kappa shape index (κ3) is 5.41. The van der Waals surface area contributed by atoms with E-state index in [-0.39, 0.29) is 0 Å². The monoisotopic (exact) mass is 390 g/mol. The molecule has 3 N–H and O–H groups in total. The predicted molar refractivity (Wildman–Crippen MR) is 116 cm³/mol. The number of hydrogen-bond donors (Lipinski definition) is 3. The van der Waals surface area contributed by atoms with Crippen LogP contribution in [0.3, 0.4) is 0 Å². The fourth-order valence-electron chi connectivity index (χ4n) is 3.34. The summed E-state index contributed by atoms with van der Waals surface area (Å²) in [5.74, 6) is 1.11. The van der Waals surface area contributed by atoms with Crippen molar-refractivity contribution in [2.45, 2.75) is 19.8 Å². The Morgan fingerprint density at radius 2 is 1.34 bits per heavy atom. The Kier molecular flexibility index (Phi) is 6.99. The second-order valence-corrected chi connectivity index (χ2v) is 6.99. The topological polar surface area (TPSA) is 79.2 Å². The van der Waals surface area contributed by atoms with E-state index in [0.29, 0.717) is 17.0 Å². The Morgan fingerprint density at radius 1 is 0.793 bits per heavy atom. The Bertz CT molecular complexity index is 958. The highest BCUT2D eigenvalue weighted by Gasteiger charge is 2.14. The molecule has 3 aromatic carbocycles.